The van der Waals surface area contributed by atoms with Gasteiger partial charge in [0.05, 0.1) is 13.7 Å². The Balaban J connectivity index is 2.24. The topological polar surface area (TPSA) is 55.8 Å². The average Bonchev–Trinajstić information content (AvgIpc) is 2.53. The monoisotopic (exact) mass is 347 g/mol. The summed E-state index contributed by atoms with van der Waals surface area (Å²) >= 11 is 5.96. The van der Waals surface area contributed by atoms with E-state index in [-0.39, 0.29) is 10.8 Å². The molecular weight excluding hydrogens is 326 g/mol. The van der Waals surface area contributed by atoms with E-state index in [0.717, 1.165) is 12.8 Å². The number of hydrogen-bond acceptors (Lipinski definition) is 4. The first-order valence-electron chi connectivity index (χ1n) is 7.40. The zero-order valence-electron chi connectivity index (χ0n) is 12.9. The Bertz CT molecular complexity index is 606. The molecule has 0 radical (unpaired) electrons. The molecular formula is C15H22ClNO4S. The zero-order valence-corrected chi connectivity index (χ0v) is 14.5. The maximum absolute atomic E-state index is 12.9. The maximum atomic E-state index is 12.9. The van der Waals surface area contributed by atoms with Crippen molar-refractivity contribution in [3.8, 4) is 5.75 Å². The fourth-order valence-corrected chi connectivity index (χ4v) is 4.63. The van der Waals surface area contributed by atoms with Crippen molar-refractivity contribution in [3.63, 3.8) is 0 Å². The van der Waals surface area contributed by atoms with E-state index in [1.54, 1.807) is 12.1 Å². The summed E-state index contributed by atoms with van der Waals surface area (Å²) in [4.78, 5) is 0.125. The molecule has 1 atom stereocenters. The number of rotatable bonds is 6. The third kappa shape index (κ3) is 3.93. The minimum atomic E-state index is -3.62. The number of nitrogens with zero attached hydrogens (tertiary/aromatic N) is 1. The molecule has 1 aromatic carbocycles. The minimum Gasteiger partial charge on any atom is -0.495 e. The normalized spacial score (nSPS) is 20.0. The molecule has 1 unspecified atom stereocenters. The van der Waals surface area contributed by atoms with Crippen LogP contribution in [0.15, 0.2) is 23.1 Å². The lowest BCUT2D eigenvalue weighted by atomic mass is 10.0. The molecule has 2 rings (SSSR count). The minimum absolute atomic E-state index is 0.125. The fourth-order valence-electron chi connectivity index (χ4n) is 2.66. The molecule has 5 nitrogen and oxygen atoms in total. The lowest BCUT2D eigenvalue weighted by Gasteiger charge is -2.32. The van der Waals surface area contributed by atoms with Gasteiger partial charge in [0.2, 0.25) is 10.0 Å². The predicted octanol–water partition coefficient (Wildman–Crippen LogP) is 2.79. The van der Waals surface area contributed by atoms with Crippen LogP contribution in [0.4, 0.5) is 0 Å². The SMILES string of the molecule is CCOCC1CCCN(S(=O)(=O)c2cc(Cl)ccc2OC)C1. The summed E-state index contributed by atoms with van der Waals surface area (Å²) in [5.41, 5.74) is 0. The highest BCUT2D eigenvalue weighted by Crippen LogP contribution is 2.31. The van der Waals surface area contributed by atoms with E-state index in [1.165, 1.54) is 17.5 Å². The molecule has 7 heteroatoms. The molecule has 0 aliphatic carbocycles. The van der Waals surface area contributed by atoms with Crippen molar-refractivity contribution in [2.24, 2.45) is 5.92 Å². The van der Waals surface area contributed by atoms with Crippen LogP contribution in [0.25, 0.3) is 0 Å². The van der Waals surface area contributed by atoms with Crippen molar-refractivity contribution < 1.29 is 17.9 Å². The maximum Gasteiger partial charge on any atom is 0.246 e. The van der Waals surface area contributed by atoms with E-state index in [0.29, 0.717) is 37.1 Å². The van der Waals surface area contributed by atoms with Crippen LogP contribution >= 0.6 is 11.6 Å². The Morgan fingerprint density at radius 2 is 2.18 bits per heavy atom. The molecule has 0 N–H and O–H groups in total. The molecule has 0 spiro atoms. The number of hydrogen-bond donors (Lipinski definition) is 0. The highest BCUT2D eigenvalue weighted by atomic mass is 35.5. The van der Waals surface area contributed by atoms with Gasteiger partial charge in [-0.1, -0.05) is 11.6 Å². The van der Waals surface area contributed by atoms with Crippen molar-refractivity contribution in [3.05, 3.63) is 23.2 Å². The quantitative estimate of drug-likeness (QED) is 0.794. The van der Waals surface area contributed by atoms with E-state index in [1.807, 2.05) is 6.92 Å². The molecule has 0 saturated carbocycles. The molecule has 1 aliphatic rings. The Morgan fingerprint density at radius 3 is 2.86 bits per heavy atom. The zero-order chi connectivity index (χ0) is 16.2. The molecule has 1 heterocycles. The van der Waals surface area contributed by atoms with Gasteiger partial charge in [-0.25, -0.2) is 8.42 Å². The van der Waals surface area contributed by atoms with Crippen LogP contribution < -0.4 is 4.74 Å². The molecule has 0 amide bonds. The van der Waals surface area contributed by atoms with E-state index in [4.69, 9.17) is 21.1 Å². The first kappa shape index (κ1) is 17.5. The largest absolute Gasteiger partial charge is 0.495 e. The molecule has 1 aliphatic heterocycles. The van der Waals surface area contributed by atoms with Gasteiger partial charge in [-0.05, 0) is 43.9 Å². The molecule has 1 saturated heterocycles. The molecule has 22 heavy (non-hydrogen) atoms. The lowest BCUT2D eigenvalue weighted by molar-refractivity contribution is 0.0864. The second-order valence-electron chi connectivity index (χ2n) is 5.33. The summed E-state index contributed by atoms with van der Waals surface area (Å²) in [7, 11) is -2.16. The van der Waals surface area contributed by atoms with Gasteiger partial charge in [0, 0.05) is 24.7 Å². The van der Waals surface area contributed by atoms with Gasteiger partial charge in [-0.15, -0.1) is 0 Å². The van der Waals surface area contributed by atoms with Gasteiger partial charge in [-0.3, -0.25) is 0 Å². The Labute approximate surface area is 137 Å². The van der Waals surface area contributed by atoms with Gasteiger partial charge in [-0.2, -0.15) is 4.31 Å². The lowest BCUT2D eigenvalue weighted by Crippen LogP contribution is -2.41. The molecule has 0 aromatic heterocycles. The number of ether oxygens (including phenoxy) is 2. The van der Waals surface area contributed by atoms with Crippen molar-refractivity contribution in [2.45, 2.75) is 24.7 Å². The number of halogens is 1. The van der Waals surface area contributed by atoms with E-state index in [9.17, 15) is 8.42 Å². The summed E-state index contributed by atoms with van der Waals surface area (Å²) in [5, 5.41) is 0.377. The highest BCUT2D eigenvalue weighted by Gasteiger charge is 2.32. The van der Waals surface area contributed by atoms with Crippen LogP contribution in [0.3, 0.4) is 0 Å². The van der Waals surface area contributed by atoms with Gasteiger partial charge in [0.1, 0.15) is 10.6 Å². The average molecular weight is 348 g/mol. The molecule has 1 fully saturated rings. The molecule has 1 aromatic rings. The van der Waals surface area contributed by atoms with Gasteiger partial charge < -0.3 is 9.47 Å². The van der Waals surface area contributed by atoms with E-state index in [2.05, 4.69) is 0 Å². The van der Waals surface area contributed by atoms with E-state index < -0.39 is 10.0 Å². The van der Waals surface area contributed by atoms with Crippen LogP contribution in [0.1, 0.15) is 19.8 Å². The summed E-state index contributed by atoms with van der Waals surface area (Å²) in [6.45, 7) is 4.16. The summed E-state index contributed by atoms with van der Waals surface area (Å²) in [6, 6.07) is 4.65. The molecule has 124 valence electrons. The van der Waals surface area contributed by atoms with Gasteiger partial charge in [0.25, 0.3) is 0 Å². The Hall–Kier alpha value is -0.820. The number of benzene rings is 1. The van der Waals surface area contributed by atoms with Crippen molar-refractivity contribution in [1.29, 1.82) is 0 Å². The standard InChI is InChI=1S/C15H22ClNO4S/c1-3-21-11-12-5-4-8-17(10-12)22(18,19)15-9-13(16)6-7-14(15)20-2/h6-7,9,12H,3-5,8,10-11H2,1-2H3. The van der Waals surface area contributed by atoms with Crippen LogP contribution in [0.5, 0.6) is 5.75 Å². The van der Waals surface area contributed by atoms with Crippen LogP contribution in [0, 0.1) is 5.92 Å². The second kappa shape index (κ2) is 7.64. The second-order valence-corrected chi connectivity index (χ2v) is 7.67. The smallest absolute Gasteiger partial charge is 0.246 e. The third-order valence-corrected chi connectivity index (χ3v) is 5.90. The number of sulfonamides is 1. The van der Waals surface area contributed by atoms with Crippen molar-refractivity contribution in [1.82, 2.24) is 4.31 Å². The summed E-state index contributed by atoms with van der Waals surface area (Å²) < 4.78 is 37.9. The van der Waals surface area contributed by atoms with Crippen LogP contribution in [-0.2, 0) is 14.8 Å². The highest BCUT2D eigenvalue weighted by molar-refractivity contribution is 7.89. The Morgan fingerprint density at radius 1 is 1.41 bits per heavy atom. The summed E-state index contributed by atoms with van der Waals surface area (Å²) in [6.07, 6.45) is 1.82. The summed E-state index contributed by atoms with van der Waals surface area (Å²) in [5.74, 6) is 0.546. The first-order valence-corrected chi connectivity index (χ1v) is 9.22. The number of methoxy groups -OCH3 is 1. The molecule has 0 bridgehead atoms. The third-order valence-electron chi connectivity index (χ3n) is 3.78. The Kier molecular flexibility index (Phi) is 6.09. The van der Waals surface area contributed by atoms with Crippen molar-refractivity contribution in [2.75, 3.05) is 33.4 Å². The van der Waals surface area contributed by atoms with E-state index >= 15 is 0 Å². The first-order chi connectivity index (χ1) is 10.5. The number of piperidine rings is 1. The van der Waals surface area contributed by atoms with Crippen molar-refractivity contribution >= 4 is 21.6 Å². The predicted molar refractivity (Wildman–Crippen MR) is 86.0 cm³/mol. The van der Waals surface area contributed by atoms with Crippen LogP contribution in [0.2, 0.25) is 5.02 Å². The fraction of sp³-hybridized carbons (Fsp3) is 0.600. The van der Waals surface area contributed by atoms with Crippen LogP contribution in [-0.4, -0.2) is 46.1 Å². The van der Waals surface area contributed by atoms with Gasteiger partial charge >= 0.3 is 0 Å². The van der Waals surface area contributed by atoms with Gasteiger partial charge in [0.15, 0.2) is 0 Å².